The number of aryl methyl sites for hydroxylation is 4. The highest BCUT2D eigenvalue weighted by Gasteiger charge is 2.38. The van der Waals surface area contributed by atoms with Crippen molar-refractivity contribution < 1.29 is 28.5 Å². The first-order chi connectivity index (χ1) is 29.6. The van der Waals surface area contributed by atoms with Crippen molar-refractivity contribution in [3.05, 3.63) is 126 Å². The molecule has 2 fully saturated rings. The predicted molar refractivity (Wildman–Crippen MR) is 242 cm³/mol. The monoisotopic (exact) mass is 912 g/mol. The molecule has 0 unspecified atom stereocenters. The topological polar surface area (TPSA) is 129 Å². The molecule has 2 heterocycles. The number of carbonyl (C=O) groups excluding carboxylic acids is 2. The van der Waals surface area contributed by atoms with Gasteiger partial charge in [0.1, 0.15) is 23.7 Å². The zero-order chi connectivity index (χ0) is 44.6. The number of ether oxygens (including phenoxy) is 4. The number of esters is 2. The molecule has 0 N–H and O–H groups in total. The summed E-state index contributed by atoms with van der Waals surface area (Å²) in [5, 5.41) is 22.9. The molecule has 2 aliphatic carbocycles. The van der Waals surface area contributed by atoms with E-state index in [1.165, 1.54) is 14.2 Å². The molecule has 0 atom stereocenters. The summed E-state index contributed by atoms with van der Waals surface area (Å²) in [6, 6.07) is 23.3. The smallest absolute Gasteiger partial charge is 0.308 e. The molecule has 0 amide bonds. The number of carbonyl (C=O) groups is 2. The molecule has 2 aromatic heterocycles. The average molecular weight is 915 g/mol. The number of benzene rings is 4. The van der Waals surface area contributed by atoms with Gasteiger partial charge < -0.3 is 28.1 Å². The summed E-state index contributed by atoms with van der Waals surface area (Å²) in [7, 11) is 6.74. The van der Waals surface area contributed by atoms with Crippen LogP contribution in [-0.2, 0) is 46.0 Å². The molecular formula is C48H44Cl4N4O6. The van der Waals surface area contributed by atoms with Crippen molar-refractivity contribution >= 4 is 80.1 Å². The van der Waals surface area contributed by atoms with E-state index in [1.807, 2.05) is 52.2 Å². The van der Waals surface area contributed by atoms with Crippen LogP contribution in [0.15, 0.2) is 60.7 Å². The number of hydrogen-bond acceptors (Lipinski definition) is 8. The summed E-state index contributed by atoms with van der Waals surface area (Å²) in [6.07, 6.45) is 3.37. The normalized spacial score (nSPS) is 17.8. The minimum absolute atomic E-state index is 0.0692. The van der Waals surface area contributed by atoms with Gasteiger partial charge >= 0.3 is 11.9 Å². The second-order valence-corrected chi connectivity index (χ2v) is 17.5. The molecule has 0 bridgehead atoms. The molecule has 6 aromatic rings. The van der Waals surface area contributed by atoms with Crippen LogP contribution in [-0.4, -0.2) is 47.5 Å². The third-order valence-corrected chi connectivity index (χ3v) is 13.6. The highest BCUT2D eigenvalue weighted by molar-refractivity contribution is 6.37. The van der Waals surface area contributed by atoms with E-state index in [9.17, 15) is 20.1 Å². The Hall–Kier alpha value is -5.36. The molecule has 4 aromatic carbocycles. The number of halogens is 4. The molecule has 320 valence electrons. The maximum absolute atomic E-state index is 11.6. The lowest BCUT2D eigenvalue weighted by Gasteiger charge is -2.33. The quantitative estimate of drug-likeness (QED) is 0.124. The Balaban J connectivity index is 0.000000186. The van der Waals surface area contributed by atoms with Gasteiger partial charge in [-0.1, -0.05) is 46.4 Å². The SMILES string of the molecule is COC(=O)C1CC(Oc2ccc(Cl)c(Cc3cc4c(C)cc(C#N)cc4n3C)c2Cl)C1.COC(=O)C1CC(Oc2ccc(Cl)c(Cc3cc4c(C)cc(C#N)cc4n3C)c2Cl)C1. The third kappa shape index (κ3) is 8.94. The van der Waals surface area contributed by atoms with Gasteiger partial charge in [0.25, 0.3) is 0 Å². The summed E-state index contributed by atoms with van der Waals surface area (Å²) in [4.78, 5) is 23.2. The molecule has 0 aliphatic heterocycles. The number of aromatic nitrogens is 2. The number of fused-ring (bicyclic) bond motifs is 2. The van der Waals surface area contributed by atoms with E-state index in [0.29, 0.717) is 81.2 Å². The van der Waals surface area contributed by atoms with E-state index in [4.69, 9.17) is 65.4 Å². The van der Waals surface area contributed by atoms with E-state index >= 15 is 0 Å². The van der Waals surface area contributed by atoms with E-state index in [1.54, 1.807) is 24.3 Å². The van der Waals surface area contributed by atoms with Crippen LogP contribution >= 0.6 is 46.4 Å². The minimum atomic E-state index is -0.201. The molecule has 10 nitrogen and oxygen atoms in total. The van der Waals surface area contributed by atoms with Gasteiger partial charge in [-0.2, -0.15) is 10.5 Å². The molecule has 62 heavy (non-hydrogen) atoms. The van der Waals surface area contributed by atoms with Gasteiger partial charge in [-0.3, -0.25) is 9.59 Å². The maximum Gasteiger partial charge on any atom is 0.308 e. The highest BCUT2D eigenvalue weighted by atomic mass is 35.5. The standard InChI is InChI=1S/2C24H22Cl2N2O3/c2*1-13-6-14(12-27)7-21-18(13)10-16(28(21)2)11-19-20(25)4-5-22(23(19)26)31-17-8-15(9-17)24(29)30-3/h2*4-7,10,15,17H,8-9,11H2,1-3H3. The van der Waals surface area contributed by atoms with Gasteiger partial charge in [-0.15, -0.1) is 0 Å². The predicted octanol–water partition coefficient (Wildman–Crippen LogP) is 11.2. The number of hydrogen-bond donors (Lipinski definition) is 0. The molecule has 0 saturated heterocycles. The van der Waals surface area contributed by atoms with Crippen LogP contribution in [0.3, 0.4) is 0 Å². The van der Waals surface area contributed by atoms with Crippen molar-refractivity contribution in [3.63, 3.8) is 0 Å². The van der Waals surface area contributed by atoms with Crippen LogP contribution in [0.5, 0.6) is 11.5 Å². The van der Waals surface area contributed by atoms with Crippen molar-refractivity contribution in [1.82, 2.24) is 9.13 Å². The first-order valence-electron chi connectivity index (χ1n) is 20.0. The highest BCUT2D eigenvalue weighted by Crippen LogP contribution is 2.41. The fourth-order valence-corrected chi connectivity index (χ4v) is 9.31. The molecule has 0 spiro atoms. The van der Waals surface area contributed by atoms with Crippen LogP contribution < -0.4 is 9.47 Å². The van der Waals surface area contributed by atoms with Gasteiger partial charge in [-0.05, 0) is 122 Å². The van der Waals surface area contributed by atoms with Crippen molar-refractivity contribution in [3.8, 4) is 23.6 Å². The van der Waals surface area contributed by atoms with Gasteiger partial charge in [0.15, 0.2) is 0 Å². The zero-order valence-corrected chi connectivity index (χ0v) is 38.1. The van der Waals surface area contributed by atoms with Crippen LogP contribution in [0.2, 0.25) is 20.1 Å². The van der Waals surface area contributed by atoms with Crippen molar-refractivity contribution in [2.24, 2.45) is 25.9 Å². The number of methoxy groups -OCH3 is 2. The number of rotatable bonds is 10. The summed E-state index contributed by atoms with van der Waals surface area (Å²) in [6.45, 7) is 4.00. The van der Waals surface area contributed by atoms with Gasteiger partial charge in [-0.25, -0.2) is 0 Å². The van der Waals surface area contributed by atoms with Crippen LogP contribution in [0.4, 0.5) is 0 Å². The van der Waals surface area contributed by atoms with E-state index in [-0.39, 0.29) is 36.0 Å². The second kappa shape index (κ2) is 18.5. The number of nitrogens with zero attached hydrogens (tertiary/aromatic N) is 4. The van der Waals surface area contributed by atoms with Crippen molar-refractivity contribution in [1.29, 1.82) is 10.5 Å². The van der Waals surface area contributed by atoms with Crippen molar-refractivity contribution in [2.75, 3.05) is 14.2 Å². The lowest BCUT2D eigenvalue weighted by molar-refractivity contribution is -0.152. The molecule has 14 heteroatoms. The van der Waals surface area contributed by atoms with Gasteiger partial charge in [0, 0.05) is 70.2 Å². The molecule has 0 radical (unpaired) electrons. The summed E-state index contributed by atoms with van der Waals surface area (Å²) >= 11 is 26.4. The molecule has 8 rings (SSSR count). The fraction of sp³-hybridized carbons (Fsp3) is 0.333. The Morgan fingerprint density at radius 3 is 1.34 bits per heavy atom. The number of nitriles is 2. The zero-order valence-electron chi connectivity index (χ0n) is 35.1. The van der Waals surface area contributed by atoms with Gasteiger partial charge in [0.2, 0.25) is 0 Å². The third-order valence-electron chi connectivity index (χ3n) is 12.1. The summed E-state index contributed by atoms with van der Waals surface area (Å²) in [5.41, 5.74) is 8.99. The Morgan fingerprint density at radius 1 is 0.629 bits per heavy atom. The Kier molecular flexibility index (Phi) is 13.4. The van der Waals surface area contributed by atoms with E-state index < -0.39 is 0 Å². The van der Waals surface area contributed by atoms with E-state index in [0.717, 1.165) is 55.4 Å². The molecule has 2 saturated carbocycles. The van der Waals surface area contributed by atoms with Crippen LogP contribution in [0.1, 0.15) is 70.5 Å². The Bertz CT molecular complexity index is 2630. The largest absolute Gasteiger partial charge is 0.489 e. The molecular weight excluding hydrogens is 870 g/mol. The first kappa shape index (κ1) is 44.7. The van der Waals surface area contributed by atoms with Gasteiger partial charge in [0.05, 0.1) is 59.4 Å². The Morgan fingerprint density at radius 2 is 1.00 bits per heavy atom. The summed E-state index contributed by atoms with van der Waals surface area (Å²) < 4.78 is 25.8. The first-order valence-corrected chi connectivity index (χ1v) is 21.6. The van der Waals surface area contributed by atoms with Crippen LogP contribution in [0, 0.1) is 48.3 Å². The average Bonchev–Trinajstić information content (AvgIpc) is 3.73. The summed E-state index contributed by atoms with van der Waals surface area (Å²) in [5.74, 6) is 0.504. The Labute approximate surface area is 380 Å². The van der Waals surface area contributed by atoms with Crippen molar-refractivity contribution in [2.45, 2.75) is 64.6 Å². The van der Waals surface area contributed by atoms with E-state index in [2.05, 4.69) is 33.4 Å². The lowest BCUT2D eigenvalue weighted by atomic mass is 9.82. The fourth-order valence-electron chi connectivity index (χ4n) is 8.22. The van der Waals surface area contributed by atoms with Crippen LogP contribution in [0.25, 0.3) is 21.8 Å². The lowest BCUT2D eigenvalue weighted by Crippen LogP contribution is -2.38. The minimum Gasteiger partial charge on any atom is -0.489 e. The molecule has 2 aliphatic rings. The maximum atomic E-state index is 11.6. The second-order valence-electron chi connectivity index (χ2n) is 16.0.